The van der Waals surface area contributed by atoms with Crippen molar-refractivity contribution in [2.75, 3.05) is 0 Å². The van der Waals surface area contributed by atoms with Crippen LogP contribution >= 0.6 is 0 Å². The molecule has 2 aromatic rings. The number of phenolic OH excluding ortho intramolecular Hbond substituents is 2. The van der Waals surface area contributed by atoms with E-state index in [1.54, 1.807) is 24.3 Å². The molecule has 0 heterocycles. The Kier molecular flexibility index (Phi) is 4.11. The average Bonchev–Trinajstić information content (AvgIpc) is 2.52. The number of benzene rings is 2. The summed E-state index contributed by atoms with van der Waals surface area (Å²) in [5.41, 5.74) is 2.80. The highest BCUT2D eigenvalue weighted by Gasteiger charge is 2.53. The van der Waals surface area contributed by atoms with E-state index in [1.807, 2.05) is 24.3 Å². The first kappa shape index (κ1) is 16.9. The van der Waals surface area contributed by atoms with Crippen LogP contribution in [0.3, 0.4) is 0 Å². The third-order valence-corrected chi connectivity index (χ3v) is 5.71. The third-order valence-electron chi connectivity index (χ3n) is 5.71. The molecule has 0 aliphatic heterocycles. The second-order valence-electron chi connectivity index (χ2n) is 8.58. The molecule has 1 aliphatic carbocycles. The van der Waals surface area contributed by atoms with Crippen LogP contribution in [0, 0.1) is 17.3 Å². The largest absolute Gasteiger partial charge is 0.508 e. The fourth-order valence-electron chi connectivity index (χ4n) is 4.50. The maximum atomic E-state index is 9.66. The summed E-state index contributed by atoms with van der Waals surface area (Å²) in [6.07, 6.45) is 2.33. The predicted octanol–water partition coefficient (Wildman–Crippen LogP) is 5.48. The first-order valence-electron chi connectivity index (χ1n) is 8.81. The molecular formula is C22H28O2. The van der Waals surface area contributed by atoms with Crippen molar-refractivity contribution in [3.8, 4) is 11.5 Å². The van der Waals surface area contributed by atoms with E-state index < -0.39 is 0 Å². The average molecular weight is 324 g/mol. The smallest absolute Gasteiger partial charge is 0.115 e. The van der Waals surface area contributed by atoms with Crippen LogP contribution in [0.1, 0.15) is 51.7 Å². The molecule has 2 N–H and O–H groups in total. The molecule has 0 amide bonds. The molecule has 1 aliphatic rings. The van der Waals surface area contributed by atoms with Crippen molar-refractivity contribution in [1.29, 1.82) is 0 Å². The lowest BCUT2D eigenvalue weighted by molar-refractivity contribution is 0.0435. The van der Waals surface area contributed by atoms with Gasteiger partial charge >= 0.3 is 0 Å². The summed E-state index contributed by atoms with van der Waals surface area (Å²) in [4.78, 5) is 0. The zero-order valence-corrected chi connectivity index (χ0v) is 15.1. The van der Waals surface area contributed by atoms with E-state index in [1.165, 1.54) is 17.5 Å². The van der Waals surface area contributed by atoms with Crippen molar-refractivity contribution < 1.29 is 10.2 Å². The van der Waals surface area contributed by atoms with E-state index in [-0.39, 0.29) is 5.41 Å². The highest BCUT2D eigenvalue weighted by atomic mass is 16.3. The van der Waals surface area contributed by atoms with E-state index in [4.69, 9.17) is 0 Å². The Hall–Kier alpha value is -1.96. The van der Waals surface area contributed by atoms with Gasteiger partial charge in [0.2, 0.25) is 0 Å². The van der Waals surface area contributed by atoms with Crippen molar-refractivity contribution in [2.24, 2.45) is 17.3 Å². The number of hydrogen-bond acceptors (Lipinski definition) is 2. The van der Waals surface area contributed by atoms with Gasteiger partial charge in [0, 0.05) is 5.41 Å². The molecule has 0 saturated heterocycles. The van der Waals surface area contributed by atoms with Crippen LogP contribution in [-0.2, 0) is 5.41 Å². The standard InChI is InChI=1S/C22H28O2/c1-15-16(13-21(2,3)4)14-22(15,17-5-9-19(23)10-6-17)18-7-11-20(24)12-8-18/h5-12,15-16,23-24H,13-14H2,1-4H3/t15-,16-/m1/s1. The summed E-state index contributed by atoms with van der Waals surface area (Å²) in [6.45, 7) is 9.27. The maximum absolute atomic E-state index is 9.66. The molecule has 24 heavy (non-hydrogen) atoms. The van der Waals surface area contributed by atoms with E-state index in [0.29, 0.717) is 28.7 Å². The molecule has 0 unspecified atom stereocenters. The van der Waals surface area contributed by atoms with Crippen LogP contribution in [0.25, 0.3) is 0 Å². The molecule has 2 heteroatoms. The lowest BCUT2D eigenvalue weighted by Gasteiger charge is -2.56. The minimum absolute atomic E-state index is 0.0304. The molecule has 2 aromatic carbocycles. The van der Waals surface area contributed by atoms with Gasteiger partial charge in [-0.05, 0) is 65.5 Å². The summed E-state index contributed by atoms with van der Waals surface area (Å²) in [5.74, 6) is 1.81. The Morgan fingerprint density at radius 1 is 0.875 bits per heavy atom. The quantitative estimate of drug-likeness (QED) is 0.785. The Bertz CT molecular complexity index is 647. The number of rotatable bonds is 3. The van der Waals surface area contributed by atoms with Crippen LogP contribution in [0.5, 0.6) is 11.5 Å². The van der Waals surface area contributed by atoms with Crippen molar-refractivity contribution in [1.82, 2.24) is 0 Å². The molecule has 0 bridgehead atoms. The molecular weight excluding hydrogens is 296 g/mol. The second kappa shape index (κ2) is 5.84. The number of phenols is 2. The fraction of sp³-hybridized carbons (Fsp3) is 0.455. The van der Waals surface area contributed by atoms with Crippen LogP contribution in [0.2, 0.25) is 0 Å². The highest BCUT2D eigenvalue weighted by molar-refractivity contribution is 5.46. The SMILES string of the molecule is C[C@@H]1[C@H](CC(C)(C)C)CC1(c1ccc(O)cc1)c1ccc(O)cc1. The number of hydrogen-bond donors (Lipinski definition) is 2. The van der Waals surface area contributed by atoms with Crippen molar-refractivity contribution in [3.63, 3.8) is 0 Å². The molecule has 2 atom stereocenters. The molecule has 3 rings (SSSR count). The topological polar surface area (TPSA) is 40.5 Å². The Balaban J connectivity index is 2.00. The molecule has 128 valence electrons. The van der Waals surface area contributed by atoms with Gasteiger partial charge in [0.25, 0.3) is 0 Å². The Morgan fingerprint density at radius 2 is 1.29 bits per heavy atom. The summed E-state index contributed by atoms with van der Waals surface area (Å²) in [7, 11) is 0. The normalized spacial score (nSPS) is 22.8. The third kappa shape index (κ3) is 2.90. The van der Waals surface area contributed by atoms with E-state index in [0.717, 1.165) is 6.42 Å². The zero-order chi connectivity index (χ0) is 17.5. The summed E-state index contributed by atoms with van der Waals surface area (Å²) >= 11 is 0. The van der Waals surface area contributed by atoms with Crippen molar-refractivity contribution >= 4 is 0 Å². The van der Waals surface area contributed by atoms with Crippen LogP contribution in [0.15, 0.2) is 48.5 Å². The second-order valence-corrected chi connectivity index (χ2v) is 8.58. The first-order valence-corrected chi connectivity index (χ1v) is 8.81. The molecule has 1 fully saturated rings. The number of aromatic hydroxyl groups is 2. The minimum Gasteiger partial charge on any atom is -0.508 e. The van der Waals surface area contributed by atoms with Gasteiger partial charge in [-0.15, -0.1) is 0 Å². The maximum Gasteiger partial charge on any atom is 0.115 e. The predicted molar refractivity (Wildman–Crippen MR) is 98.3 cm³/mol. The van der Waals surface area contributed by atoms with Gasteiger partial charge in [0.1, 0.15) is 11.5 Å². The molecule has 0 spiro atoms. The van der Waals surface area contributed by atoms with Gasteiger partial charge in [-0.2, -0.15) is 0 Å². The van der Waals surface area contributed by atoms with Crippen LogP contribution < -0.4 is 0 Å². The summed E-state index contributed by atoms with van der Waals surface area (Å²) in [5, 5.41) is 19.3. The van der Waals surface area contributed by atoms with E-state index >= 15 is 0 Å². The Morgan fingerprint density at radius 3 is 1.62 bits per heavy atom. The molecule has 0 aromatic heterocycles. The minimum atomic E-state index is -0.0304. The Labute approximate surface area is 145 Å². The van der Waals surface area contributed by atoms with Crippen molar-refractivity contribution in [3.05, 3.63) is 59.7 Å². The highest BCUT2D eigenvalue weighted by Crippen LogP contribution is 2.59. The monoisotopic (exact) mass is 324 g/mol. The molecule has 1 saturated carbocycles. The lowest BCUT2D eigenvalue weighted by atomic mass is 9.47. The molecule has 0 radical (unpaired) electrons. The zero-order valence-electron chi connectivity index (χ0n) is 15.1. The van der Waals surface area contributed by atoms with Gasteiger partial charge in [-0.1, -0.05) is 52.0 Å². The van der Waals surface area contributed by atoms with Gasteiger partial charge in [-0.25, -0.2) is 0 Å². The van der Waals surface area contributed by atoms with E-state index in [2.05, 4.69) is 27.7 Å². The van der Waals surface area contributed by atoms with Gasteiger partial charge in [0.05, 0.1) is 0 Å². The van der Waals surface area contributed by atoms with Gasteiger partial charge in [0.15, 0.2) is 0 Å². The first-order chi connectivity index (χ1) is 11.2. The van der Waals surface area contributed by atoms with Crippen molar-refractivity contribution in [2.45, 2.75) is 46.0 Å². The molecule has 2 nitrogen and oxygen atoms in total. The van der Waals surface area contributed by atoms with Crippen LogP contribution in [-0.4, -0.2) is 10.2 Å². The van der Waals surface area contributed by atoms with Crippen LogP contribution in [0.4, 0.5) is 0 Å². The van der Waals surface area contributed by atoms with E-state index in [9.17, 15) is 10.2 Å². The summed E-state index contributed by atoms with van der Waals surface area (Å²) in [6, 6.07) is 15.3. The lowest BCUT2D eigenvalue weighted by Crippen LogP contribution is -2.51. The summed E-state index contributed by atoms with van der Waals surface area (Å²) < 4.78 is 0. The van der Waals surface area contributed by atoms with Gasteiger partial charge < -0.3 is 10.2 Å². The van der Waals surface area contributed by atoms with Gasteiger partial charge in [-0.3, -0.25) is 0 Å². The fourth-order valence-corrected chi connectivity index (χ4v) is 4.50.